The summed E-state index contributed by atoms with van der Waals surface area (Å²) in [5.41, 5.74) is 2.35. The molecular formula is C16H16Br3NO. The zero-order chi connectivity index (χ0) is 15.4. The minimum atomic E-state index is 0.312. The van der Waals surface area contributed by atoms with Gasteiger partial charge in [0.25, 0.3) is 0 Å². The number of nitrogens with one attached hydrogen (secondary N) is 1. The Labute approximate surface area is 150 Å². The Hall–Kier alpha value is -0.520. The Bertz CT molecular complexity index is 590. The maximum atomic E-state index is 5.18. The number of hydrogen-bond acceptors (Lipinski definition) is 2. The van der Waals surface area contributed by atoms with Crippen molar-refractivity contribution in [2.75, 3.05) is 12.4 Å². The van der Waals surface area contributed by atoms with Crippen molar-refractivity contribution in [3.63, 3.8) is 0 Å². The number of hydrogen-bond donors (Lipinski definition) is 1. The first-order valence-electron chi connectivity index (χ1n) is 6.53. The Morgan fingerprint density at radius 2 is 1.62 bits per heavy atom. The van der Waals surface area contributed by atoms with Gasteiger partial charge in [-0.2, -0.15) is 0 Å². The van der Waals surface area contributed by atoms with E-state index in [9.17, 15) is 0 Å². The number of halogens is 3. The molecule has 0 saturated heterocycles. The highest BCUT2D eigenvalue weighted by Crippen LogP contribution is 2.35. The molecule has 1 N–H and O–H groups in total. The van der Waals surface area contributed by atoms with Crippen molar-refractivity contribution in [2.45, 2.75) is 19.4 Å². The van der Waals surface area contributed by atoms with Crippen LogP contribution in [0.2, 0.25) is 0 Å². The first-order chi connectivity index (χ1) is 9.99. The van der Waals surface area contributed by atoms with Crippen LogP contribution in [0.15, 0.2) is 49.8 Å². The van der Waals surface area contributed by atoms with Gasteiger partial charge >= 0.3 is 0 Å². The first kappa shape index (κ1) is 16.8. The van der Waals surface area contributed by atoms with Crippen LogP contribution in [0, 0.1) is 0 Å². The molecule has 2 aromatic carbocycles. The van der Waals surface area contributed by atoms with Gasteiger partial charge in [0, 0.05) is 19.5 Å². The summed E-state index contributed by atoms with van der Waals surface area (Å²) < 4.78 is 8.28. The highest BCUT2D eigenvalue weighted by atomic mass is 79.9. The van der Waals surface area contributed by atoms with Crippen LogP contribution in [-0.4, -0.2) is 13.2 Å². The van der Waals surface area contributed by atoms with Gasteiger partial charge in [0.15, 0.2) is 0 Å². The van der Waals surface area contributed by atoms with E-state index in [2.05, 4.69) is 72.2 Å². The number of benzene rings is 2. The fourth-order valence-electron chi connectivity index (χ4n) is 2.09. The molecule has 0 amide bonds. The van der Waals surface area contributed by atoms with Gasteiger partial charge < -0.3 is 10.1 Å². The molecule has 0 radical (unpaired) electrons. The monoisotopic (exact) mass is 475 g/mol. The summed E-state index contributed by atoms with van der Waals surface area (Å²) in [5, 5.41) is 3.54. The lowest BCUT2D eigenvalue weighted by Gasteiger charge is -2.18. The molecule has 0 aliphatic heterocycles. The molecule has 21 heavy (non-hydrogen) atoms. The highest BCUT2D eigenvalue weighted by molar-refractivity contribution is 9.11. The molecule has 0 aliphatic rings. The van der Waals surface area contributed by atoms with Crippen molar-refractivity contribution >= 4 is 53.5 Å². The van der Waals surface area contributed by atoms with Crippen LogP contribution in [0.1, 0.15) is 12.5 Å². The summed E-state index contributed by atoms with van der Waals surface area (Å²) in [6.45, 7) is 2.17. The quantitative estimate of drug-likeness (QED) is 0.568. The zero-order valence-electron chi connectivity index (χ0n) is 11.8. The molecule has 0 heterocycles. The molecule has 1 atom stereocenters. The molecule has 0 saturated carbocycles. The Morgan fingerprint density at radius 3 is 2.14 bits per heavy atom. The largest absolute Gasteiger partial charge is 0.497 e. The van der Waals surface area contributed by atoms with Crippen molar-refractivity contribution < 1.29 is 4.74 Å². The molecule has 0 fully saturated rings. The molecule has 2 aromatic rings. The predicted octanol–water partition coefficient (Wildman–Crippen LogP) is 6.03. The predicted molar refractivity (Wildman–Crippen MR) is 99.3 cm³/mol. The molecular weight excluding hydrogens is 462 g/mol. The lowest BCUT2D eigenvalue weighted by atomic mass is 10.1. The molecule has 0 spiro atoms. The second kappa shape index (κ2) is 7.65. The van der Waals surface area contributed by atoms with Gasteiger partial charge in [-0.05, 0) is 75.0 Å². The topological polar surface area (TPSA) is 21.3 Å². The fourth-order valence-corrected chi connectivity index (χ4v) is 4.58. The van der Waals surface area contributed by atoms with Crippen LogP contribution >= 0.6 is 47.8 Å². The third-order valence-electron chi connectivity index (χ3n) is 3.10. The summed E-state index contributed by atoms with van der Waals surface area (Å²) in [7, 11) is 1.68. The lowest BCUT2D eigenvalue weighted by Crippen LogP contribution is -2.18. The van der Waals surface area contributed by atoms with Crippen molar-refractivity contribution in [1.29, 1.82) is 0 Å². The van der Waals surface area contributed by atoms with Crippen molar-refractivity contribution in [3.8, 4) is 5.75 Å². The molecule has 1 unspecified atom stereocenters. The maximum absolute atomic E-state index is 5.18. The van der Waals surface area contributed by atoms with E-state index in [0.717, 1.165) is 31.3 Å². The van der Waals surface area contributed by atoms with E-state index in [-0.39, 0.29) is 0 Å². The standard InChI is InChI=1S/C16H16Br3NO/c1-10(7-11-3-5-13(21-2)6-4-11)20-16-14(18)8-12(17)9-15(16)19/h3-6,8-10,20H,7H2,1-2H3. The van der Waals surface area contributed by atoms with Gasteiger partial charge in [0.1, 0.15) is 5.75 Å². The number of anilines is 1. The Kier molecular flexibility index (Phi) is 6.14. The van der Waals surface area contributed by atoms with Crippen LogP contribution in [-0.2, 0) is 6.42 Å². The summed E-state index contributed by atoms with van der Waals surface area (Å²) >= 11 is 10.7. The number of methoxy groups -OCH3 is 1. The van der Waals surface area contributed by atoms with Gasteiger partial charge in [0.05, 0.1) is 12.8 Å². The Balaban J connectivity index is 2.06. The van der Waals surface area contributed by atoms with Crippen LogP contribution < -0.4 is 10.1 Å². The minimum absolute atomic E-state index is 0.312. The second-order valence-electron chi connectivity index (χ2n) is 4.84. The smallest absolute Gasteiger partial charge is 0.118 e. The summed E-state index contributed by atoms with van der Waals surface area (Å²) in [6.07, 6.45) is 0.943. The van der Waals surface area contributed by atoms with Gasteiger partial charge in [0.2, 0.25) is 0 Å². The van der Waals surface area contributed by atoms with Gasteiger partial charge in [-0.1, -0.05) is 28.1 Å². The van der Waals surface area contributed by atoms with Gasteiger partial charge in [-0.15, -0.1) is 0 Å². The van der Waals surface area contributed by atoms with Crippen LogP contribution in [0.25, 0.3) is 0 Å². The minimum Gasteiger partial charge on any atom is -0.497 e. The molecule has 0 aliphatic carbocycles. The SMILES string of the molecule is COc1ccc(CC(C)Nc2c(Br)cc(Br)cc2Br)cc1. The molecule has 2 rings (SSSR count). The molecule has 0 aromatic heterocycles. The van der Waals surface area contributed by atoms with E-state index in [0.29, 0.717) is 6.04 Å². The van der Waals surface area contributed by atoms with Crippen molar-refractivity contribution in [2.24, 2.45) is 0 Å². The zero-order valence-corrected chi connectivity index (χ0v) is 16.5. The summed E-state index contributed by atoms with van der Waals surface area (Å²) in [5.74, 6) is 0.887. The summed E-state index contributed by atoms with van der Waals surface area (Å²) in [6, 6.07) is 12.6. The van der Waals surface area contributed by atoms with Crippen LogP contribution in [0.3, 0.4) is 0 Å². The highest BCUT2D eigenvalue weighted by Gasteiger charge is 2.10. The average Bonchev–Trinajstić information content (AvgIpc) is 2.43. The van der Waals surface area contributed by atoms with Crippen molar-refractivity contribution in [3.05, 3.63) is 55.4 Å². The third kappa shape index (κ3) is 4.73. The van der Waals surface area contributed by atoms with E-state index >= 15 is 0 Å². The van der Waals surface area contributed by atoms with Crippen molar-refractivity contribution in [1.82, 2.24) is 0 Å². The van der Waals surface area contributed by atoms with Crippen LogP contribution in [0.5, 0.6) is 5.75 Å². The lowest BCUT2D eigenvalue weighted by molar-refractivity contribution is 0.414. The maximum Gasteiger partial charge on any atom is 0.118 e. The van der Waals surface area contributed by atoms with E-state index < -0.39 is 0 Å². The fraction of sp³-hybridized carbons (Fsp3) is 0.250. The molecule has 5 heteroatoms. The third-order valence-corrected chi connectivity index (χ3v) is 4.81. The van der Waals surface area contributed by atoms with E-state index in [1.807, 2.05) is 24.3 Å². The molecule has 2 nitrogen and oxygen atoms in total. The summed E-state index contributed by atoms with van der Waals surface area (Å²) in [4.78, 5) is 0. The average molecular weight is 478 g/mol. The van der Waals surface area contributed by atoms with E-state index in [1.165, 1.54) is 5.56 Å². The number of ether oxygens (including phenoxy) is 1. The van der Waals surface area contributed by atoms with E-state index in [1.54, 1.807) is 7.11 Å². The first-order valence-corrected chi connectivity index (χ1v) is 8.91. The van der Waals surface area contributed by atoms with Gasteiger partial charge in [-0.25, -0.2) is 0 Å². The second-order valence-corrected chi connectivity index (χ2v) is 7.47. The van der Waals surface area contributed by atoms with Crippen LogP contribution in [0.4, 0.5) is 5.69 Å². The van der Waals surface area contributed by atoms with E-state index in [4.69, 9.17) is 4.74 Å². The normalized spacial score (nSPS) is 12.0. The Morgan fingerprint density at radius 1 is 1.05 bits per heavy atom. The number of rotatable bonds is 5. The molecule has 112 valence electrons. The molecule has 0 bridgehead atoms. The van der Waals surface area contributed by atoms with Gasteiger partial charge in [-0.3, -0.25) is 0 Å².